The van der Waals surface area contributed by atoms with Crippen molar-refractivity contribution in [1.82, 2.24) is 0 Å². The van der Waals surface area contributed by atoms with Gasteiger partial charge in [-0.25, -0.2) is 9.18 Å². The predicted octanol–water partition coefficient (Wildman–Crippen LogP) is 2.25. The highest BCUT2D eigenvalue weighted by Crippen LogP contribution is 2.14. The molecule has 0 saturated heterocycles. The van der Waals surface area contributed by atoms with Crippen LogP contribution in [0.5, 0.6) is 0 Å². The molecule has 17 heavy (non-hydrogen) atoms. The summed E-state index contributed by atoms with van der Waals surface area (Å²) in [4.78, 5) is 20.9. The molecule has 0 unspecified atom stereocenters. The first-order valence-corrected chi connectivity index (χ1v) is 4.66. The SMILES string of the molecule is COC(=O)c1ccc(C=C(C)[N+](=O)[O-])cc1F. The van der Waals surface area contributed by atoms with Gasteiger partial charge in [0.1, 0.15) is 5.82 Å². The summed E-state index contributed by atoms with van der Waals surface area (Å²) in [7, 11) is 1.15. The van der Waals surface area contributed by atoms with E-state index in [2.05, 4.69) is 4.74 Å². The van der Waals surface area contributed by atoms with Crippen LogP contribution in [0.3, 0.4) is 0 Å². The Labute approximate surface area is 96.7 Å². The summed E-state index contributed by atoms with van der Waals surface area (Å²) in [6, 6.07) is 3.67. The van der Waals surface area contributed by atoms with Crippen LogP contribution in [-0.4, -0.2) is 18.0 Å². The molecule has 0 aliphatic heterocycles. The Hall–Kier alpha value is -2.24. The summed E-state index contributed by atoms with van der Waals surface area (Å²) in [5.74, 6) is -1.56. The van der Waals surface area contributed by atoms with Gasteiger partial charge in [-0.1, -0.05) is 6.07 Å². The fraction of sp³-hybridized carbons (Fsp3) is 0.182. The number of esters is 1. The van der Waals surface area contributed by atoms with Crippen molar-refractivity contribution in [1.29, 1.82) is 0 Å². The molecule has 0 aliphatic rings. The zero-order chi connectivity index (χ0) is 13.0. The highest BCUT2D eigenvalue weighted by Gasteiger charge is 2.12. The van der Waals surface area contributed by atoms with Crippen LogP contribution in [0.25, 0.3) is 6.08 Å². The van der Waals surface area contributed by atoms with Gasteiger partial charge < -0.3 is 4.74 Å². The topological polar surface area (TPSA) is 69.4 Å². The maximum absolute atomic E-state index is 13.4. The van der Waals surface area contributed by atoms with E-state index in [4.69, 9.17) is 0 Å². The standard InChI is InChI=1S/C11H10FNO4/c1-7(13(15)16)5-8-3-4-9(10(12)6-8)11(14)17-2/h3-6H,1-2H3. The molecule has 0 fully saturated rings. The third kappa shape index (κ3) is 3.10. The van der Waals surface area contributed by atoms with Gasteiger partial charge in [0.25, 0.3) is 0 Å². The van der Waals surface area contributed by atoms with Crippen molar-refractivity contribution >= 4 is 12.0 Å². The van der Waals surface area contributed by atoms with Crippen molar-refractivity contribution in [2.45, 2.75) is 6.92 Å². The quantitative estimate of drug-likeness (QED) is 0.461. The second-order valence-corrected chi connectivity index (χ2v) is 3.27. The lowest BCUT2D eigenvalue weighted by Crippen LogP contribution is -2.04. The molecule has 1 aromatic rings. The molecule has 0 atom stereocenters. The molecule has 6 heteroatoms. The Morgan fingerprint density at radius 1 is 1.53 bits per heavy atom. The van der Waals surface area contributed by atoms with Crippen molar-refractivity contribution in [3.8, 4) is 0 Å². The first kappa shape index (κ1) is 12.8. The fourth-order valence-corrected chi connectivity index (χ4v) is 1.19. The molecule has 90 valence electrons. The van der Waals surface area contributed by atoms with E-state index in [1.54, 1.807) is 0 Å². The Balaban J connectivity index is 3.09. The predicted molar refractivity (Wildman–Crippen MR) is 58.4 cm³/mol. The molecule has 0 aliphatic carbocycles. The highest BCUT2D eigenvalue weighted by atomic mass is 19.1. The lowest BCUT2D eigenvalue weighted by molar-refractivity contribution is -0.422. The number of ether oxygens (including phenoxy) is 1. The number of hydrogen-bond donors (Lipinski definition) is 0. The number of carbonyl (C=O) groups excluding carboxylic acids is 1. The van der Waals surface area contributed by atoms with Crippen LogP contribution in [-0.2, 0) is 4.74 Å². The van der Waals surface area contributed by atoms with Crippen molar-refractivity contribution < 1.29 is 18.8 Å². The van der Waals surface area contributed by atoms with E-state index in [0.717, 1.165) is 13.2 Å². The van der Waals surface area contributed by atoms with Crippen LogP contribution in [0, 0.1) is 15.9 Å². The van der Waals surface area contributed by atoms with E-state index in [1.807, 2.05) is 0 Å². The molecular formula is C11H10FNO4. The molecule has 0 heterocycles. The van der Waals surface area contributed by atoms with E-state index in [-0.39, 0.29) is 11.3 Å². The van der Waals surface area contributed by atoms with Crippen LogP contribution in [0.1, 0.15) is 22.8 Å². The lowest BCUT2D eigenvalue weighted by Gasteiger charge is -2.01. The van der Waals surface area contributed by atoms with Gasteiger partial charge in [-0.3, -0.25) is 10.1 Å². The molecule has 1 rings (SSSR count). The summed E-state index contributed by atoms with van der Waals surface area (Å²) in [6.45, 7) is 1.30. The number of nitro groups is 1. The number of halogens is 1. The maximum atomic E-state index is 13.4. The van der Waals surface area contributed by atoms with Crippen LogP contribution >= 0.6 is 0 Å². The third-order valence-electron chi connectivity index (χ3n) is 2.06. The van der Waals surface area contributed by atoms with E-state index in [1.165, 1.54) is 25.1 Å². The molecular weight excluding hydrogens is 229 g/mol. The molecule has 0 saturated carbocycles. The number of allylic oxidation sites excluding steroid dienone is 1. The van der Waals surface area contributed by atoms with E-state index < -0.39 is 16.7 Å². The van der Waals surface area contributed by atoms with Crippen molar-refractivity contribution in [2.75, 3.05) is 7.11 Å². The van der Waals surface area contributed by atoms with Crippen molar-refractivity contribution in [3.05, 3.63) is 51.0 Å². The van der Waals surface area contributed by atoms with Crippen LogP contribution in [0.15, 0.2) is 23.9 Å². The Kier molecular flexibility index (Phi) is 3.92. The number of carbonyl (C=O) groups is 1. The van der Waals surface area contributed by atoms with Gasteiger partial charge in [0.15, 0.2) is 0 Å². The van der Waals surface area contributed by atoms with Gasteiger partial charge >= 0.3 is 5.97 Å². The van der Waals surface area contributed by atoms with Crippen LogP contribution in [0.2, 0.25) is 0 Å². The molecule has 0 N–H and O–H groups in total. The lowest BCUT2D eigenvalue weighted by atomic mass is 10.1. The monoisotopic (exact) mass is 239 g/mol. The number of benzene rings is 1. The number of hydrogen-bond acceptors (Lipinski definition) is 4. The summed E-state index contributed by atoms with van der Waals surface area (Å²) in [6.07, 6.45) is 1.21. The molecule has 0 radical (unpaired) electrons. The Morgan fingerprint density at radius 3 is 2.65 bits per heavy atom. The first-order valence-electron chi connectivity index (χ1n) is 4.66. The number of methoxy groups -OCH3 is 1. The Bertz CT molecular complexity index is 496. The highest BCUT2D eigenvalue weighted by molar-refractivity contribution is 5.89. The summed E-state index contributed by atoms with van der Waals surface area (Å²) >= 11 is 0. The average molecular weight is 239 g/mol. The minimum absolute atomic E-state index is 0.116. The zero-order valence-corrected chi connectivity index (χ0v) is 9.27. The second-order valence-electron chi connectivity index (χ2n) is 3.27. The van der Waals surface area contributed by atoms with Crippen LogP contribution in [0.4, 0.5) is 4.39 Å². The minimum Gasteiger partial charge on any atom is -0.465 e. The molecule has 0 bridgehead atoms. The molecule has 0 amide bonds. The van der Waals surface area contributed by atoms with Crippen molar-refractivity contribution in [3.63, 3.8) is 0 Å². The molecule has 0 spiro atoms. The average Bonchev–Trinajstić information content (AvgIpc) is 2.28. The van der Waals surface area contributed by atoms with Gasteiger partial charge in [0.2, 0.25) is 5.70 Å². The van der Waals surface area contributed by atoms with Crippen LogP contribution < -0.4 is 0 Å². The summed E-state index contributed by atoms with van der Waals surface area (Å²) in [5, 5.41) is 10.4. The fourth-order valence-electron chi connectivity index (χ4n) is 1.19. The second kappa shape index (κ2) is 5.20. The third-order valence-corrected chi connectivity index (χ3v) is 2.06. The Morgan fingerprint density at radius 2 is 2.18 bits per heavy atom. The molecule has 1 aromatic carbocycles. The van der Waals surface area contributed by atoms with Gasteiger partial charge in [-0.2, -0.15) is 0 Å². The molecule has 0 aromatic heterocycles. The van der Waals surface area contributed by atoms with E-state index >= 15 is 0 Å². The van der Waals surface area contributed by atoms with E-state index in [0.29, 0.717) is 5.56 Å². The zero-order valence-electron chi connectivity index (χ0n) is 9.27. The minimum atomic E-state index is -0.788. The van der Waals surface area contributed by atoms with Gasteiger partial charge in [-0.15, -0.1) is 0 Å². The van der Waals surface area contributed by atoms with Crippen molar-refractivity contribution in [2.24, 2.45) is 0 Å². The van der Waals surface area contributed by atoms with Gasteiger partial charge in [0, 0.05) is 13.0 Å². The smallest absolute Gasteiger partial charge is 0.340 e. The number of rotatable bonds is 3. The summed E-state index contributed by atoms with van der Waals surface area (Å²) in [5.41, 5.74) is -0.0111. The first-order chi connectivity index (χ1) is 7.95. The molecule has 5 nitrogen and oxygen atoms in total. The number of nitrogens with zero attached hydrogens (tertiary/aromatic N) is 1. The van der Waals surface area contributed by atoms with Gasteiger partial charge in [-0.05, 0) is 17.7 Å². The van der Waals surface area contributed by atoms with E-state index in [9.17, 15) is 19.3 Å². The normalized spacial score (nSPS) is 11.1. The van der Waals surface area contributed by atoms with Gasteiger partial charge in [0.05, 0.1) is 17.6 Å². The largest absolute Gasteiger partial charge is 0.465 e. The maximum Gasteiger partial charge on any atom is 0.340 e. The summed E-state index contributed by atoms with van der Waals surface area (Å²) < 4.78 is 17.8.